The lowest BCUT2D eigenvalue weighted by molar-refractivity contribution is 0.451. The molecule has 0 spiro atoms. The molecule has 8 heavy (non-hydrogen) atoms. The third kappa shape index (κ3) is 4.09. The Morgan fingerprint density at radius 2 is 1.88 bits per heavy atom. The molecule has 0 fully saturated rings. The third-order valence-corrected chi connectivity index (χ3v) is 1.11. The number of nitrogens with one attached hydrogen (secondary N) is 1. The van der Waals surface area contributed by atoms with E-state index in [1.165, 1.54) is 0 Å². The molecule has 0 aliphatic carbocycles. The molecule has 0 radical (unpaired) electrons. The van der Waals surface area contributed by atoms with E-state index in [4.69, 9.17) is 5.84 Å². The van der Waals surface area contributed by atoms with Gasteiger partial charge in [-0.15, -0.1) is 0 Å². The van der Waals surface area contributed by atoms with Gasteiger partial charge in [-0.1, -0.05) is 13.8 Å². The molecule has 0 unspecified atom stereocenters. The normalized spacial score (nSPS) is 14.6. The Hall–Kier alpha value is -0.0800. The van der Waals surface area contributed by atoms with Gasteiger partial charge in [0.2, 0.25) is 0 Å². The quantitative estimate of drug-likeness (QED) is 0.424. The van der Waals surface area contributed by atoms with Gasteiger partial charge in [0.05, 0.1) is 0 Å². The molecule has 0 amide bonds. The van der Waals surface area contributed by atoms with Crippen molar-refractivity contribution in [2.24, 2.45) is 11.8 Å². The lowest BCUT2D eigenvalue weighted by Crippen LogP contribution is -2.33. The Balaban J connectivity index is 3.10. The molecule has 0 aromatic rings. The maximum Gasteiger partial charge on any atom is 0.0184 e. The molecule has 2 heteroatoms. The van der Waals surface area contributed by atoms with Crippen molar-refractivity contribution in [3.05, 3.63) is 0 Å². The summed E-state index contributed by atoms with van der Waals surface area (Å²) in [4.78, 5) is 0. The molecular weight excluding hydrogens is 100 g/mol. The SMILES string of the molecule is CC(C)C[C@@H](C)NN. The Morgan fingerprint density at radius 1 is 1.38 bits per heavy atom. The lowest BCUT2D eigenvalue weighted by atomic mass is 10.1. The zero-order valence-corrected chi connectivity index (χ0v) is 5.94. The predicted octanol–water partition coefficient (Wildman–Crippen LogP) is 0.884. The van der Waals surface area contributed by atoms with Crippen molar-refractivity contribution < 1.29 is 0 Å². The van der Waals surface area contributed by atoms with E-state index < -0.39 is 0 Å². The molecule has 0 rings (SSSR count). The molecule has 0 aliphatic rings. The topological polar surface area (TPSA) is 38.0 Å². The van der Waals surface area contributed by atoms with Crippen LogP contribution < -0.4 is 11.3 Å². The summed E-state index contributed by atoms with van der Waals surface area (Å²) in [7, 11) is 0. The van der Waals surface area contributed by atoms with E-state index in [0.717, 1.165) is 12.3 Å². The van der Waals surface area contributed by atoms with Crippen LogP contribution in [-0.4, -0.2) is 6.04 Å². The molecule has 0 bridgehead atoms. The maximum atomic E-state index is 5.17. The highest BCUT2D eigenvalue weighted by atomic mass is 15.2. The molecular formula is C6H16N2. The van der Waals surface area contributed by atoms with E-state index in [9.17, 15) is 0 Å². The van der Waals surface area contributed by atoms with E-state index in [-0.39, 0.29) is 0 Å². The Labute approximate surface area is 51.4 Å². The van der Waals surface area contributed by atoms with Gasteiger partial charge in [-0.25, -0.2) is 0 Å². The van der Waals surface area contributed by atoms with Gasteiger partial charge in [0.25, 0.3) is 0 Å². The van der Waals surface area contributed by atoms with Crippen LogP contribution in [-0.2, 0) is 0 Å². The van der Waals surface area contributed by atoms with Gasteiger partial charge in [-0.3, -0.25) is 11.3 Å². The smallest absolute Gasteiger partial charge is 0.0184 e. The van der Waals surface area contributed by atoms with Gasteiger partial charge in [0, 0.05) is 6.04 Å². The molecule has 0 saturated carbocycles. The number of hydrogen-bond acceptors (Lipinski definition) is 2. The van der Waals surface area contributed by atoms with Gasteiger partial charge >= 0.3 is 0 Å². The molecule has 0 aromatic heterocycles. The fraction of sp³-hybridized carbons (Fsp3) is 1.00. The second-order valence-corrected chi connectivity index (χ2v) is 2.70. The fourth-order valence-electron chi connectivity index (χ4n) is 0.775. The van der Waals surface area contributed by atoms with E-state index in [0.29, 0.717) is 6.04 Å². The van der Waals surface area contributed by atoms with Crippen LogP contribution in [0.5, 0.6) is 0 Å². The number of hydrogen-bond donors (Lipinski definition) is 2. The summed E-state index contributed by atoms with van der Waals surface area (Å²) in [5.74, 6) is 5.91. The molecule has 0 heterocycles. The van der Waals surface area contributed by atoms with E-state index in [1.54, 1.807) is 0 Å². The first-order chi connectivity index (χ1) is 3.66. The third-order valence-electron chi connectivity index (χ3n) is 1.11. The van der Waals surface area contributed by atoms with Crippen LogP contribution in [0, 0.1) is 5.92 Å². The number of rotatable bonds is 3. The minimum atomic E-state index is 0.454. The zero-order chi connectivity index (χ0) is 6.57. The monoisotopic (exact) mass is 116 g/mol. The van der Waals surface area contributed by atoms with E-state index in [2.05, 4.69) is 26.2 Å². The van der Waals surface area contributed by atoms with Gasteiger partial charge in [-0.05, 0) is 19.3 Å². The molecule has 2 nitrogen and oxygen atoms in total. The highest BCUT2D eigenvalue weighted by Gasteiger charge is 1.99. The molecule has 50 valence electrons. The average Bonchev–Trinajstić information content (AvgIpc) is 1.65. The van der Waals surface area contributed by atoms with Crippen molar-refractivity contribution in [3.63, 3.8) is 0 Å². The molecule has 0 aliphatic heterocycles. The van der Waals surface area contributed by atoms with Crippen molar-refractivity contribution in [2.75, 3.05) is 0 Å². The van der Waals surface area contributed by atoms with Crippen molar-refractivity contribution in [1.82, 2.24) is 5.43 Å². The van der Waals surface area contributed by atoms with Gasteiger partial charge in [-0.2, -0.15) is 0 Å². The van der Waals surface area contributed by atoms with Gasteiger partial charge in [0.1, 0.15) is 0 Å². The van der Waals surface area contributed by atoms with E-state index >= 15 is 0 Å². The first-order valence-electron chi connectivity index (χ1n) is 3.13. The van der Waals surface area contributed by atoms with Crippen molar-refractivity contribution >= 4 is 0 Å². The zero-order valence-electron chi connectivity index (χ0n) is 5.94. The maximum absolute atomic E-state index is 5.17. The Morgan fingerprint density at radius 3 is 2.00 bits per heavy atom. The molecule has 0 saturated heterocycles. The second-order valence-electron chi connectivity index (χ2n) is 2.70. The van der Waals surface area contributed by atoms with Gasteiger partial charge < -0.3 is 0 Å². The summed E-state index contributed by atoms with van der Waals surface area (Å²) < 4.78 is 0. The van der Waals surface area contributed by atoms with Gasteiger partial charge in [0.15, 0.2) is 0 Å². The summed E-state index contributed by atoms with van der Waals surface area (Å²) in [6.45, 7) is 6.46. The minimum absolute atomic E-state index is 0.454. The summed E-state index contributed by atoms with van der Waals surface area (Å²) in [5, 5.41) is 0. The summed E-state index contributed by atoms with van der Waals surface area (Å²) >= 11 is 0. The highest BCUT2D eigenvalue weighted by molar-refractivity contribution is 4.57. The van der Waals surface area contributed by atoms with Crippen LogP contribution in [0.3, 0.4) is 0 Å². The highest BCUT2D eigenvalue weighted by Crippen LogP contribution is 2.01. The summed E-state index contributed by atoms with van der Waals surface area (Å²) in [6.07, 6.45) is 1.15. The van der Waals surface area contributed by atoms with Crippen LogP contribution in [0.1, 0.15) is 27.2 Å². The van der Waals surface area contributed by atoms with Crippen molar-refractivity contribution in [3.8, 4) is 0 Å². The molecule has 0 aromatic carbocycles. The lowest BCUT2D eigenvalue weighted by Gasteiger charge is -2.11. The van der Waals surface area contributed by atoms with Crippen LogP contribution in [0.25, 0.3) is 0 Å². The summed E-state index contributed by atoms with van der Waals surface area (Å²) in [6, 6.07) is 0.454. The number of hydrazine groups is 1. The van der Waals surface area contributed by atoms with Crippen LogP contribution in [0.15, 0.2) is 0 Å². The van der Waals surface area contributed by atoms with Crippen molar-refractivity contribution in [2.45, 2.75) is 33.2 Å². The second kappa shape index (κ2) is 3.87. The average molecular weight is 116 g/mol. The Bertz CT molecular complexity index is 52.5. The Kier molecular flexibility index (Phi) is 3.83. The number of nitrogens with two attached hydrogens (primary N) is 1. The van der Waals surface area contributed by atoms with Crippen LogP contribution in [0.4, 0.5) is 0 Å². The largest absolute Gasteiger partial charge is 0.271 e. The standard InChI is InChI=1S/C6H16N2/c1-5(2)4-6(3)8-7/h5-6,8H,4,7H2,1-3H3/t6-/m1/s1. The van der Waals surface area contributed by atoms with Crippen molar-refractivity contribution in [1.29, 1.82) is 0 Å². The molecule has 1 atom stereocenters. The van der Waals surface area contributed by atoms with Crippen LogP contribution >= 0.6 is 0 Å². The first-order valence-corrected chi connectivity index (χ1v) is 3.13. The minimum Gasteiger partial charge on any atom is -0.271 e. The van der Waals surface area contributed by atoms with E-state index in [1.807, 2.05) is 0 Å². The molecule has 3 N–H and O–H groups in total. The fourth-order valence-corrected chi connectivity index (χ4v) is 0.775. The summed E-state index contributed by atoms with van der Waals surface area (Å²) in [5.41, 5.74) is 2.70. The van der Waals surface area contributed by atoms with Crippen LogP contribution in [0.2, 0.25) is 0 Å². The first kappa shape index (κ1) is 7.92. The predicted molar refractivity (Wildman–Crippen MR) is 36.2 cm³/mol.